The largest absolute Gasteiger partial charge is 0.478 e. The van der Waals surface area contributed by atoms with Gasteiger partial charge < -0.3 is 10.2 Å². The standard InChI is InChI=1S/C15H9NO4/c17-14(18)11-7-9-6-5-8-3-1-2-4-10(8)12(9)16-13(11)15(19)20/h1-7H,(H,17,18)(H,19,20). The van der Waals surface area contributed by atoms with Gasteiger partial charge in [-0.2, -0.15) is 0 Å². The van der Waals surface area contributed by atoms with Crippen molar-refractivity contribution in [3.05, 3.63) is 53.7 Å². The topological polar surface area (TPSA) is 87.5 Å². The van der Waals surface area contributed by atoms with Crippen molar-refractivity contribution in [3.63, 3.8) is 0 Å². The first kappa shape index (κ1) is 12.1. The van der Waals surface area contributed by atoms with E-state index in [1.807, 2.05) is 30.3 Å². The van der Waals surface area contributed by atoms with Crippen LogP contribution in [0.2, 0.25) is 0 Å². The van der Waals surface area contributed by atoms with Crippen LogP contribution < -0.4 is 0 Å². The van der Waals surface area contributed by atoms with Crippen molar-refractivity contribution in [1.29, 1.82) is 0 Å². The highest BCUT2D eigenvalue weighted by Gasteiger charge is 2.19. The summed E-state index contributed by atoms with van der Waals surface area (Å²) in [6.45, 7) is 0. The van der Waals surface area contributed by atoms with E-state index in [1.54, 1.807) is 6.07 Å². The molecule has 0 saturated heterocycles. The normalized spacial score (nSPS) is 10.8. The Hall–Kier alpha value is -2.95. The molecule has 3 aromatic rings. The zero-order valence-corrected chi connectivity index (χ0v) is 10.2. The molecular formula is C15H9NO4. The lowest BCUT2D eigenvalue weighted by molar-refractivity contribution is 0.0647. The number of carbonyl (C=O) groups is 2. The molecule has 1 heterocycles. The molecule has 0 aliphatic rings. The van der Waals surface area contributed by atoms with Gasteiger partial charge in [-0.25, -0.2) is 14.6 Å². The number of aromatic carboxylic acids is 2. The van der Waals surface area contributed by atoms with E-state index in [-0.39, 0.29) is 5.56 Å². The van der Waals surface area contributed by atoms with Crippen LogP contribution in [0.1, 0.15) is 20.8 Å². The Bertz CT molecular complexity index is 870. The number of carboxylic acids is 2. The molecule has 0 aliphatic heterocycles. The van der Waals surface area contributed by atoms with Crippen molar-refractivity contribution in [2.24, 2.45) is 0 Å². The summed E-state index contributed by atoms with van der Waals surface area (Å²) < 4.78 is 0. The summed E-state index contributed by atoms with van der Waals surface area (Å²) in [7, 11) is 0. The molecule has 2 aromatic carbocycles. The number of pyridine rings is 1. The summed E-state index contributed by atoms with van der Waals surface area (Å²) in [6, 6.07) is 12.4. The van der Waals surface area contributed by atoms with E-state index in [1.165, 1.54) is 6.07 Å². The first-order chi connectivity index (χ1) is 9.58. The second kappa shape index (κ2) is 4.31. The number of hydrogen-bond donors (Lipinski definition) is 2. The Morgan fingerprint density at radius 1 is 0.900 bits per heavy atom. The second-order valence-electron chi connectivity index (χ2n) is 4.35. The number of nitrogens with zero attached hydrogens (tertiary/aromatic N) is 1. The van der Waals surface area contributed by atoms with Gasteiger partial charge >= 0.3 is 11.9 Å². The van der Waals surface area contributed by atoms with E-state index in [9.17, 15) is 9.59 Å². The van der Waals surface area contributed by atoms with Crippen LogP contribution in [0.4, 0.5) is 0 Å². The summed E-state index contributed by atoms with van der Waals surface area (Å²) in [4.78, 5) is 26.4. The smallest absolute Gasteiger partial charge is 0.355 e. The molecule has 5 nitrogen and oxygen atoms in total. The van der Waals surface area contributed by atoms with E-state index < -0.39 is 17.6 Å². The minimum Gasteiger partial charge on any atom is -0.478 e. The molecule has 3 rings (SSSR count). The van der Waals surface area contributed by atoms with Gasteiger partial charge in [0.25, 0.3) is 0 Å². The summed E-state index contributed by atoms with van der Waals surface area (Å²) in [5.41, 5.74) is -0.257. The highest BCUT2D eigenvalue weighted by molar-refractivity contribution is 6.10. The molecule has 0 aliphatic carbocycles. The number of carboxylic acid groups (broad SMARTS) is 2. The number of aromatic nitrogens is 1. The first-order valence-electron chi connectivity index (χ1n) is 5.87. The summed E-state index contributed by atoms with van der Waals surface area (Å²) in [5.74, 6) is -2.65. The predicted molar refractivity (Wildman–Crippen MR) is 73.2 cm³/mol. The van der Waals surface area contributed by atoms with E-state index in [2.05, 4.69) is 4.98 Å². The third kappa shape index (κ3) is 1.76. The molecule has 0 atom stereocenters. The molecule has 0 spiro atoms. The zero-order chi connectivity index (χ0) is 14.3. The molecule has 0 fully saturated rings. The lowest BCUT2D eigenvalue weighted by atomic mass is 10.0. The average Bonchev–Trinajstić information content (AvgIpc) is 2.45. The molecule has 0 unspecified atom stereocenters. The Morgan fingerprint density at radius 2 is 1.60 bits per heavy atom. The van der Waals surface area contributed by atoms with Crippen LogP contribution in [0.25, 0.3) is 21.7 Å². The lowest BCUT2D eigenvalue weighted by Gasteiger charge is -2.07. The number of benzene rings is 2. The van der Waals surface area contributed by atoms with Crippen molar-refractivity contribution >= 4 is 33.6 Å². The van der Waals surface area contributed by atoms with Gasteiger partial charge in [-0.15, -0.1) is 0 Å². The maximum absolute atomic E-state index is 11.2. The molecule has 5 heteroatoms. The SMILES string of the molecule is O=C(O)c1cc2ccc3ccccc3c2nc1C(=O)O. The molecule has 20 heavy (non-hydrogen) atoms. The molecule has 98 valence electrons. The fourth-order valence-corrected chi connectivity index (χ4v) is 2.24. The third-order valence-electron chi connectivity index (χ3n) is 3.14. The summed E-state index contributed by atoms with van der Waals surface area (Å²) in [5, 5.41) is 20.5. The Morgan fingerprint density at radius 3 is 2.30 bits per heavy atom. The first-order valence-corrected chi connectivity index (χ1v) is 5.87. The van der Waals surface area contributed by atoms with Crippen molar-refractivity contribution < 1.29 is 19.8 Å². The molecular weight excluding hydrogens is 258 g/mol. The Balaban J connectivity index is 2.48. The molecule has 0 amide bonds. The summed E-state index contributed by atoms with van der Waals surface area (Å²) in [6.07, 6.45) is 0. The third-order valence-corrected chi connectivity index (χ3v) is 3.14. The van der Waals surface area contributed by atoms with E-state index in [0.29, 0.717) is 10.9 Å². The summed E-state index contributed by atoms with van der Waals surface area (Å²) >= 11 is 0. The molecule has 0 saturated carbocycles. The predicted octanol–water partition coefficient (Wildman–Crippen LogP) is 2.78. The van der Waals surface area contributed by atoms with Gasteiger partial charge in [0, 0.05) is 10.8 Å². The minimum absolute atomic E-state index is 0.305. The van der Waals surface area contributed by atoms with Gasteiger partial charge in [0.1, 0.15) is 0 Å². The van der Waals surface area contributed by atoms with Crippen LogP contribution in [-0.4, -0.2) is 27.1 Å². The highest BCUT2D eigenvalue weighted by atomic mass is 16.4. The molecule has 2 N–H and O–H groups in total. The van der Waals surface area contributed by atoms with Gasteiger partial charge in [-0.3, -0.25) is 0 Å². The van der Waals surface area contributed by atoms with Crippen LogP contribution in [0.15, 0.2) is 42.5 Å². The molecule has 0 radical (unpaired) electrons. The van der Waals surface area contributed by atoms with Crippen molar-refractivity contribution in [3.8, 4) is 0 Å². The van der Waals surface area contributed by atoms with Crippen molar-refractivity contribution in [2.45, 2.75) is 0 Å². The van der Waals surface area contributed by atoms with Crippen LogP contribution in [-0.2, 0) is 0 Å². The highest BCUT2D eigenvalue weighted by Crippen LogP contribution is 2.25. The Kier molecular flexibility index (Phi) is 2.61. The molecule has 0 bridgehead atoms. The van der Waals surface area contributed by atoms with E-state index in [0.717, 1.165) is 10.8 Å². The average molecular weight is 267 g/mol. The van der Waals surface area contributed by atoms with Gasteiger partial charge in [-0.05, 0) is 11.5 Å². The zero-order valence-electron chi connectivity index (χ0n) is 10.2. The van der Waals surface area contributed by atoms with Gasteiger partial charge in [-0.1, -0.05) is 36.4 Å². The second-order valence-corrected chi connectivity index (χ2v) is 4.35. The quantitative estimate of drug-likeness (QED) is 0.697. The fourth-order valence-electron chi connectivity index (χ4n) is 2.24. The number of fused-ring (bicyclic) bond motifs is 3. The van der Waals surface area contributed by atoms with E-state index >= 15 is 0 Å². The van der Waals surface area contributed by atoms with Gasteiger partial charge in [0.15, 0.2) is 5.69 Å². The van der Waals surface area contributed by atoms with Crippen LogP contribution in [0.3, 0.4) is 0 Å². The fraction of sp³-hybridized carbons (Fsp3) is 0. The van der Waals surface area contributed by atoms with Crippen molar-refractivity contribution in [2.75, 3.05) is 0 Å². The van der Waals surface area contributed by atoms with Crippen molar-refractivity contribution in [1.82, 2.24) is 4.98 Å². The minimum atomic E-state index is -1.35. The van der Waals surface area contributed by atoms with Crippen LogP contribution in [0, 0.1) is 0 Å². The monoisotopic (exact) mass is 267 g/mol. The molecule has 1 aromatic heterocycles. The number of rotatable bonds is 2. The van der Waals surface area contributed by atoms with Gasteiger partial charge in [0.2, 0.25) is 0 Å². The van der Waals surface area contributed by atoms with E-state index in [4.69, 9.17) is 10.2 Å². The van der Waals surface area contributed by atoms with Crippen LogP contribution in [0.5, 0.6) is 0 Å². The van der Waals surface area contributed by atoms with Gasteiger partial charge in [0.05, 0.1) is 11.1 Å². The maximum atomic E-state index is 11.2. The Labute approximate surface area is 113 Å². The maximum Gasteiger partial charge on any atom is 0.355 e. The lowest BCUT2D eigenvalue weighted by Crippen LogP contribution is -2.10. The van der Waals surface area contributed by atoms with Crippen LogP contribution >= 0.6 is 0 Å². The number of hydrogen-bond acceptors (Lipinski definition) is 3.